The third-order valence-corrected chi connectivity index (χ3v) is 4.41. The molecular formula is C20H22FNO4. The second kappa shape index (κ2) is 8.19. The van der Waals surface area contributed by atoms with Gasteiger partial charge in [-0.3, -0.25) is 4.79 Å². The molecule has 6 heteroatoms. The maximum absolute atomic E-state index is 12.9. The zero-order valence-corrected chi connectivity index (χ0v) is 14.9. The van der Waals surface area contributed by atoms with Crippen LogP contribution in [0.25, 0.3) is 0 Å². The summed E-state index contributed by atoms with van der Waals surface area (Å²) in [7, 11) is 1.59. The number of carbonyl (C=O) groups excluding carboxylic acids is 1. The van der Waals surface area contributed by atoms with Crippen molar-refractivity contribution in [2.45, 2.75) is 13.0 Å². The van der Waals surface area contributed by atoms with E-state index in [1.165, 1.54) is 12.1 Å². The number of nitrogens with zero attached hydrogens (tertiary/aromatic N) is 1. The molecule has 1 unspecified atom stereocenters. The summed E-state index contributed by atoms with van der Waals surface area (Å²) in [5, 5.41) is 0. The molecule has 1 saturated heterocycles. The van der Waals surface area contributed by atoms with E-state index in [1.54, 1.807) is 30.2 Å². The highest BCUT2D eigenvalue weighted by molar-refractivity contribution is 5.96. The Bertz CT molecular complexity index is 763. The first-order valence-corrected chi connectivity index (χ1v) is 8.51. The highest BCUT2D eigenvalue weighted by Gasteiger charge is 2.27. The molecule has 1 atom stereocenters. The second-order valence-electron chi connectivity index (χ2n) is 6.14. The maximum atomic E-state index is 12.9. The molecule has 1 fully saturated rings. The Morgan fingerprint density at radius 1 is 1.27 bits per heavy atom. The molecule has 1 amide bonds. The van der Waals surface area contributed by atoms with Crippen LogP contribution < -0.4 is 9.47 Å². The van der Waals surface area contributed by atoms with Crippen LogP contribution in [0.1, 0.15) is 15.9 Å². The van der Waals surface area contributed by atoms with Crippen molar-refractivity contribution in [1.82, 2.24) is 4.90 Å². The normalized spacial score (nSPS) is 17.0. The molecule has 1 aliphatic heterocycles. The second-order valence-corrected chi connectivity index (χ2v) is 6.14. The van der Waals surface area contributed by atoms with E-state index in [1.807, 2.05) is 19.1 Å². The van der Waals surface area contributed by atoms with Gasteiger partial charge in [-0.1, -0.05) is 6.07 Å². The molecule has 138 valence electrons. The number of rotatable bonds is 5. The van der Waals surface area contributed by atoms with Crippen LogP contribution in [0.4, 0.5) is 4.39 Å². The van der Waals surface area contributed by atoms with Crippen LogP contribution in [0.3, 0.4) is 0 Å². The zero-order valence-electron chi connectivity index (χ0n) is 14.9. The molecule has 2 aromatic carbocycles. The minimum atomic E-state index is -0.309. The van der Waals surface area contributed by atoms with E-state index in [-0.39, 0.29) is 17.8 Å². The lowest BCUT2D eigenvalue weighted by Crippen LogP contribution is -2.47. The topological polar surface area (TPSA) is 48.0 Å². The quantitative estimate of drug-likeness (QED) is 0.823. The summed E-state index contributed by atoms with van der Waals surface area (Å²) >= 11 is 0. The van der Waals surface area contributed by atoms with Crippen LogP contribution in [0.2, 0.25) is 0 Å². The molecule has 0 aromatic heterocycles. The van der Waals surface area contributed by atoms with E-state index >= 15 is 0 Å². The van der Waals surface area contributed by atoms with Crippen molar-refractivity contribution < 1.29 is 23.4 Å². The SMILES string of the molecule is COc1cccc(C(=O)N2CCOC(COc3ccc(F)cc3)C2)c1C. The highest BCUT2D eigenvalue weighted by atomic mass is 19.1. The fourth-order valence-electron chi connectivity index (χ4n) is 2.96. The Balaban J connectivity index is 1.62. The number of benzene rings is 2. The minimum absolute atomic E-state index is 0.0449. The largest absolute Gasteiger partial charge is 0.496 e. The summed E-state index contributed by atoms with van der Waals surface area (Å²) in [6.45, 7) is 3.60. The summed E-state index contributed by atoms with van der Waals surface area (Å²) in [6.07, 6.45) is -0.233. The number of halogens is 1. The van der Waals surface area contributed by atoms with Crippen molar-refractivity contribution in [3.63, 3.8) is 0 Å². The van der Waals surface area contributed by atoms with Crippen molar-refractivity contribution in [3.05, 3.63) is 59.4 Å². The predicted molar refractivity (Wildman–Crippen MR) is 95.3 cm³/mol. The third-order valence-electron chi connectivity index (χ3n) is 4.41. The zero-order chi connectivity index (χ0) is 18.5. The predicted octanol–water partition coefficient (Wildman–Crippen LogP) is 3.06. The minimum Gasteiger partial charge on any atom is -0.496 e. The van der Waals surface area contributed by atoms with Gasteiger partial charge in [0.25, 0.3) is 5.91 Å². The van der Waals surface area contributed by atoms with Gasteiger partial charge >= 0.3 is 0 Å². The van der Waals surface area contributed by atoms with Crippen LogP contribution in [-0.4, -0.2) is 50.3 Å². The summed E-state index contributed by atoms with van der Waals surface area (Å²) in [5.74, 6) is 0.913. The van der Waals surface area contributed by atoms with Gasteiger partial charge in [0.2, 0.25) is 0 Å². The molecule has 0 saturated carbocycles. The number of methoxy groups -OCH3 is 1. The molecule has 3 rings (SSSR count). The first kappa shape index (κ1) is 18.2. The number of hydrogen-bond donors (Lipinski definition) is 0. The standard InChI is InChI=1S/C20H22FNO4/c1-14-18(4-3-5-19(14)24-2)20(23)22-10-11-25-17(12-22)13-26-16-8-6-15(21)7-9-16/h3-9,17H,10-13H2,1-2H3. The molecule has 0 N–H and O–H groups in total. The van der Waals surface area contributed by atoms with E-state index in [0.29, 0.717) is 43.4 Å². The van der Waals surface area contributed by atoms with Crippen molar-refractivity contribution in [3.8, 4) is 11.5 Å². The fraction of sp³-hybridized carbons (Fsp3) is 0.350. The lowest BCUT2D eigenvalue weighted by Gasteiger charge is -2.33. The summed E-state index contributed by atoms with van der Waals surface area (Å²) in [6, 6.07) is 11.3. The fourth-order valence-corrected chi connectivity index (χ4v) is 2.96. The van der Waals surface area contributed by atoms with Crippen molar-refractivity contribution in [1.29, 1.82) is 0 Å². The van der Waals surface area contributed by atoms with Crippen LogP contribution in [0.15, 0.2) is 42.5 Å². The molecule has 5 nitrogen and oxygen atoms in total. The molecule has 0 bridgehead atoms. The van der Waals surface area contributed by atoms with Crippen molar-refractivity contribution in [2.75, 3.05) is 33.4 Å². The van der Waals surface area contributed by atoms with E-state index in [2.05, 4.69) is 0 Å². The van der Waals surface area contributed by atoms with Crippen LogP contribution in [0, 0.1) is 12.7 Å². The Labute approximate surface area is 152 Å². The Morgan fingerprint density at radius 2 is 2.04 bits per heavy atom. The van der Waals surface area contributed by atoms with Gasteiger partial charge in [0, 0.05) is 17.7 Å². The van der Waals surface area contributed by atoms with Gasteiger partial charge in [-0.2, -0.15) is 0 Å². The van der Waals surface area contributed by atoms with Crippen LogP contribution in [-0.2, 0) is 4.74 Å². The summed E-state index contributed by atoms with van der Waals surface area (Å²) in [5.41, 5.74) is 1.45. The smallest absolute Gasteiger partial charge is 0.254 e. The number of hydrogen-bond acceptors (Lipinski definition) is 4. The van der Waals surface area contributed by atoms with Crippen LogP contribution in [0.5, 0.6) is 11.5 Å². The highest BCUT2D eigenvalue weighted by Crippen LogP contribution is 2.23. The first-order valence-electron chi connectivity index (χ1n) is 8.51. The monoisotopic (exact) mass is 359 g/mol. The maximum Gasteiger partial charge on any atom is 0.254 e. The van der Waals surface area contributed by atoms with Gasteiger partial charge in [-0.25, -0.2) is 4.39 Å². The Kier molecular flexibility index (Phi) is 5.73. The molecule has 0 radical (unpaired) electrons. The van der Waals surface area contributed by atoms with E-state index in [9.17, 15) is 9.18 Å². The summed E-state index contributed by atoms with van der Waals surface area (Å²) < 4.78 is 29.6. The molecule has 1 aliphatic rings. The molecule has 0 aliphatic carbocycles. The first-order chi connectivity index (χ1) is 12.6. The molecule has 26 heavy (non-hydrogen) atoms. The Hall–Kier alpha value is -2.60. The summed E-state index contributed by atoms with van der Waals surface area (Å²) in [4.78, 5) is 14.6. The average Bonchev–Trinajstić information content (AvgIpc) is 2.67. The van der Waals surface area contributed by atoms with Gasteiger partial charge in [0.1, 0.15) is 30.0 Å². The van der Waals surface area contributed by atoms with Gasteiger partial charge < -0.3 is 19.1 Å². The van der Waals surface area contributed by atoms with Crippen LogP contribution >= 0.6 is 0 Å². The molecular weight excluding hydrogens is 337 g/mol. The molecule has 1 heterocycles. The lowest BCUT2D eigenvalue weighted by atomic mass is 10.1. The molecule has 2 aromatic rings. The number of carbonyl (C=O) groups is 1. The van der Waals surface area contributed by atoms with Crippen molar-refractivity contribution in [2.24, 2.45) is 0 Å². The lowest BCUT2D eigenvalue weighted by molar-refractivity contribution is -0.0401. The molecule has 0 spiro atoms. The van der Waals surface area contributed by atoms with Gasteiger partial charge in [0.15, 0.2) is 0 Å². The van der Waals surface area contributed by atoms with E-state index in [0.717, 1.165) is 5.56 Å². The van der Waals surface area contributed by atoms with Gasteiger partial charge in [-0.15, -0.1) is 0 Å². The van der Waals surface area contributed by atoms with Gasteiger partial charge in [-0.05, 0) is 43.3 Å². The Morgan fingerprint density at radius 3 is 2.77 bits per heavy atom. The van der Waals surface area contributed by atoms with Crippen molar-refractivity contribution >= 4 is 5.91 Å². The van der Waals surface area contributed by atoms with Gasteiger partial charge in [0.05, 0.1) is 20.3 Å². The third kappa shape index (κ3) is 4.14. The number of morpholine rings is 1. The average molecular weight is 359 g/mol. The van der Waals surface area contributed by atoms with E-state index < -0.39 is 0 Å². The van der Waals surface area contributed by atoms with E-state index in [4.69, 9.17) is 14.2 Å². The number of ether oxygens (including phenoxy) is 3. The number of amides is 1.